The fourth-order valence-corrected chi connectivity index (χ4v) is 7.00. The maximum absolute atomic E-state index is 13.2. The third-order valence-corrected chi connectivity index (χ3v) is 9.46. The number of phenolic OH excluding ortho intramolecular Hbond substituents is 1. The third-order valence-electron chi connectivity index (χ3n) is 9.46. The van der Waals surface area contributed by atoms with Crippen LogP contribution in [0.2, 0.25) is 0 Å². The van der Waals surface area contributed by atoms with E-state index in [1.54, 1.807) is 6.07 Å². The van der Waals surface area contributed by atoms with Gasteiger partial charge in [0.25, 0.3) is 0 Å². The summed E-state index contributed by atoms with van der Waals surface area (Å²) in [6, 6.07) is 18.2. The molecule has 0 spiro atoms. The van der Waals surface area contributed by atoms with Crippen LogP contribution in [0.25, 0.3) is 0 Å². The zero-order valence-electron chi connectivity index (χ0n) is 22.4. The Morgan fingerprint density at radius 2 is 1.84 bits per heavy atom. The van der Waals surface area contributed by atoms with Crippen LogP contribution < -0.4 is 0 Å². The van der Waals surface area contributed by atoms with E-state index in [0.717, 1.165) is 69.5 Å². The average molecular weight is 505 g/mol. The van der Waals surface area contributed by atoms with Crippen molar-refractivity contribution in [1.82, 2.24) is 9.80 Å². The van der Waals surface area contributed by atoms with E-state index < -0.39 is 11.0 Å². The molecule has 3 fully saturated rings. The summed E-state index contributed by atoms with van der Waals surface area (Å²) >= 11 is 0. The van der Waals surface area contributed by atoms with Crippen LogP contribution in [0.3, 0.4) is 0 Å². The van der Waals surface area contributed by atoms with Crippen LogP contribution in [0.15, 0.2) is 54.6 Å². The Bertz CT molecular complexity index is 1060. The largest absolute Gasteiger partial charge is 0.508 e. The molecule has 0 radical (unpaired) electrons. The Labute approximate surface area is 222 Å². The van der Waals surface area contributed by atoms with Gasteiger partial charge in [-0.15, -0.1) is 0 Å². The summed E-state index contributed by atoms with van der Waals surface area (Å²) < 4.78 is 0. The first-order valence-electron chi connectivity index (χ1n) is 14.4. The summed E-state index contributed by atoms with van der Waals surface area (Å²) in [4.78, 5) is 17.6. The number of hydrogen-bond donors (Lipinski definition) is 2. The zero-order chi connectivity index (χ0) is 25.9. The molecule has 2 N–H and O–H groups in total. The minimum Gasteiger partial charge on any atom is -0.508 e. The lowest BCUT2D eigenvalue weighted by Gasteiger charge is -2.59. The van der Waals surface area contributed by atoms with Crippen molar-refractivity contribution < 1.29 is 15.0 Å². The van der Waals surface area contributed by atoms with Crippen LogP contribution in [0.1, 0.15) is 75.3 Å². The van der Waals surface area contributed by atoms with Gasteiger partial charge in [0, 0.05) is 38.0 Å². The van der Waals surface area contributed by atoms with Crippen molar-refractivity contribution in [2.75, 3.05) is 26.7 Å². The molecule has 1 saturated heterocycles. The molecule has 2 aromatic carbocycles. The van der Waals surface area contributed by atoms with Gasteiger partial charge >= 0.3 is 0 Å². The molecular formula is C32H44N2O3. The predicted molar refractivity (Wildman–Crippen MR) is 148 cm³/mol. The van der Waals surface area contributed by atoms with E-state index in [-0.39, 0.29) is 17.7 Å². The summed E-state index contributed by atoms with van der Waals surface area (Å²) in [5.41, 5.74) is 1.10. The lowest BCUT2D eigenvalue weighted by atomic mass is 9.55. The number of carbonyl (C=O) groups is 1. The number of nitrogens with zero attached hydrogens (tertiary/aromatic N) is 2. The number of phenols is 1. The highest BCUT2D eigenvalue weighted by Gasteiger charge is 2.58. The monoisotopic (exact) mass is 504 g/mol. The van der Waals surface area contributed by atoms with Crippen molar-refractivity contribution in [1.29, 1.82) is 0 Å². The van der Waals surface area contributed by atoms with E-state index in [1.165, 1.54) is 18.4 Å². The summed E-state index contributed by atoms with van der Waals surface area (Å²) in [5.74, 6) is 1.26. The normalized spacial score (nSPS) is 28.0. The van der Waals surface area contributed by atoms with Crippen molar-refractivity contribution in [2.45, 2.75) is 87.7 Å². The number of β-amino-alcohol motifs (C(OH)–C–C–N with tert-alkyl or cyclic N) is 1. The maximum atomic E-state index is 13.2. The number of fused-ring (bicyclic) bond motifs is 1. The summed E-state index contributed by atoms with van der Waals surface area (Å²) in [6.45, 7) is 2.73. The molecule has 3 aliphatic rings. The van der Waals surface area contributed by atoms with E-state index in [0.29, 0.717) is 19.4 Å². The molecule has 5 nitrogen and oxygen atoms in total. The van der Waals surface area contributed by atoms with Gasteiger partial charge in [0.15, 0.2) is 0 Å². The number of aliphatic hydroxyl groups is 1. The predicted octanol–water partition coefficient (Wildman–Crippen LogP) is 5.29. The Morgan fingerprint density at radius 3 is 2.59 bits per heavy atom. The molecule has 2 saturated carbocycles. The second-order valence-electron chi connectivity index (χ2n) is 12.0. The van der Waals surface area contributed by atoms with E-state index in [9.17, 15) is 15.0 Å². The first-order chi connectivity index (χ1) is 17.9. The van der Waals surface area contributed by atoms with Gasteiger partial charge in [-0.1, -0.05) is 48.9 Å². The Morgan fingerprint density at radius 1 is 1.03 bits per heavy atom. The quantitative estimate of drug-likeness (QED) is 0.432. The number of hydrogen-bond acceptors (Lipinski definition) is 4. The van der Waals surface area contributed by atoms with Gasteiger partial charge in [-0.25, -0.2) is 0 Å². The molecule has 5 rings (SSSR count). The first-order valence-corrected chi connectivity index (χ1v) is 14.4. The number of aryl methyl sites for hydroxylation is 1. The van der Waals surface area contributed by atoms with Crippen LogP contribution in [0.5, 0.6) is 5.75 Å². The summed E-state index contributed by atoms with van der Waals surface area (Å²) in [5, 5.41) is 22.5. The Hall–Kier alpha value is -2.37. The average Bonchev–Trinajstić information content (AvgIpc) is 3.72. The van der Waals surface area contributed by atoms with Crippen LogP contribution >= 0.6 is 0 Å². The summed E-state index contributed by atoms with van der Waals surface area (Å²) in [6.07, 6.45) is 10.5. The molecule has 3 unspecified atom stereocenters. The standard InChI is InChI=1S/C32H44N2O3/c1-33(30(36)14-7-3-6-11-25-9-4-2-5-10-25)28-17-18-32(37)24-34(23-26-15-16-26)20-19-31(32,22-28)27-12-8-13-29(35)21-27/h2,4-5,8-10,12-13,21,26,28,35,37H,3,6-7,11,14-20,22-24H2,1H3. The second kappa shape index (κ2) is 11.2. The van der Waals surface area contributed by atoms with Crippen molar-refractivity contribution in [3.63, 3.8) is 0 Å². The lowest BCUT2D eigenvalue weighted by molar-refractivity contribution is -0.148. The van der Waals surface area contributed by atoms with E-state index in [1.807, 2.05) is 30.1 Å². The van der Waals surface area contributed by atoms with Gasteiger partial charge in [0.1, 0.15) is 5.75 Å². The highest BCUT2D eigenvalue weighted by Crippen LogP contribution is 2.53. The van der Waals surface area contributed by atoms with Gasteiger partial charge < -0.3 is 20.0 Å². The fourth-order valence-electron chi connectivity index (χ4n) is 7.00. The van der Waals surface area contributed by atoms with Crippen molar-refractivity contribution >= 4 is 5.91 Å². The van der Waals surface area contributed by atoms with E-state index >= 15 is 0 Å². The number of unbranched alkanes of at least 4 members (excludes halogenated alkanes) is 2. The highest BCUT2D eigenvalue weighted by atomic mass is 16.3. The van der Waals surface area contributed by atoms with Crippen LogP contribution in [-0.2, 0) is 16.6 Å². The van der Waals surface area contributed by atoms with Crippen molar-refractivity contribution in [2.24, 2.45) is 5.92 Å². The van der Waals surface area contributed by atoms with Gasteiger partial charge in [0.2, 0.25) is 5.91 Å². The minimum absolute atomic E-state index is 0.106. The number of rotatable bonds is 10. The third kappa shape index (κ3) is 5.88. The SMILES string of the molecule is CN(C(=O)CCCCCc1ccccc1)C1CCC2(O)CN(CC3CC3)CCC2(c2cccc(O)c2)C1. The lowest BCUT2D eigenvalue weighted by Crippen LogP contribution is -2.67. The smallest absolute Gasteiger partial charge is 0.222 e. The number of aromatic hydroxyl groups is 1. The first kappa shape index (κ1) is 26.2. The molecule has 3 atom stereocenters. The molecule has 1 aliphatic heterocycles. The summed E-state index contributed by atoms with van der Waals surface area (Å²) in [7, 11) is 1.96. The minimum atomic E-state index is -0.842. The molecule has 0 aromatic heterocycles. The topological polar surface area (TPSA) is 64.0 Å². The molecule has 0 bridgehead atoms. The van der Waals surface area contributed by atoms with Crippen LogP contribution in [0, 0.1) is 5.92 Å². The maximum Gasteiger partial charge on any atom is 0.222 e. The molecule has 1 heterocycles. The molecular weight excluding hydrogens is 460 g/mol. The zero-order valence-corrected chi connectivity index (χ0v) is 22.4. The number of piperidine rings is 1. The Kier molecular flexibility index (Phi) is 7.92. The van der Waals surface area contributed by atoms with Crippen molar-refractivity contribution in [3.8, 4) is 5.75 Å². The molecule has 1 amide bonds. The molecule has 5 heteroatoms. The van der Waals surface area contributed by atoms with E-state index in [2.05, 4.69) is 35.2 Å². The second-order valence-corrected chi connectivity index (χ2v) is 12.0. The van der Waals surface area contributed by atoms with Gasteiger partial charge in [-0.05, 0) is 93.5 Å². The molecule has 2 aliphatic carbocycles. The number of benzene rings is 2. The van der Waals surface area contributed by atoms with E-state index in [4.69, 9.17) is 0 Å². The van der Waals surface area contributed by atoms with Gasteiger partial charge in [-0.2, -0.15) is 0 Å². The number of carbonyl (C=O) groups excluding carboxylic acids is 1. The fraction of sp³-hybridized carbons (Fsp3) is 0.594. The molecule has 37 heavy (non-hydrogen) atoms. The highest BCUT2D eigenvalue weighted by molar-refractivity contribution is 5.76. The number of amides is 1. The number of likely N-dealkylation sites (tertiary alicyclic amines) is 1. The Balaban J connectivity index is 1.22. The van der Waals surface area contributed by atoms with Crippen LogP contribution in [0.4, 0.5) is 0 Å². The van der Waals surface area contributed by atoms with Crippen molar-refractivity contribution in [3.05, 3.63) is 65.7 Å². The molecule has 2 aromatic rings. The van der Waals surface area contributed by atoms with Crippen LogP contribution in [-0.4, -0.2) is 64.2 Å². The van der Waals surface area contributed by atoms with Gasteiger partial charge in [-0.3, -0.25) is 4.79 Å². The van der Waals surface area contributed by atoms with Gasteiger partial charge in [0.05, 0.1) is 5.60 Å². The molecule has 200 valence electrons.